The smallest absolute Gasteiger partial charge is 0.188 e. The van der Waals surface area contributed by atoms with E-state index in [1.54, 1.807) is 30.3 Å². The Kier molecular flexibility index (Phi) is 8.65. The van der Waals surface area contributed by atoms with Crippen LogP contribution in [0.3, 0.4) is 0 Å². The molecule has 0 bridgehead atoms. The van der Waals surface area contributed by atoms with E-state index in [1.807, 2.05) is 36.4 Å². The standard InChI is InChI=1S/C33H38N2O2S/c36-38(37,32-13-4-1-5-14-32)33(29-18-22-31(23-19-29)35-26-10-3-11-27-35)15-7-6-12-28-16-20-30(21-17-28)34-24-8-2-9-25-34/h1,4-7,12-23,33H,2-3,8-11,24-27H2. The van der Waals surface area contributed by atoms with Crippen LogP contribution >= 0.6 is 0 Å². The highest BCUT2D eigenvalue weighted by Gasteiger charge is 2.27. The van der Waals surface area contributed by atoms with Crippen molar-refractivity contribution in [3.8, 4) is 0 Å². The van der Waals surface area contributed by atoms with Crippen molar-refractivity contribution in [1.29, 1.82) is 0 Å². The summed E-state index contributed by atoms with van der Waals surface area (Å²) < 4.78 is 27.4. The molecule has 4 nitrogen and oxygen atoms in total. The second kappa shape index (κ2) is 12.5. The number of rotatable bonds is 8. The fourth-order valence-electron chi connectivity index (χ4n) is 5.46. The summed E-state index contributed by atoms with van der Waals surface area (Å²) in [6.07, 6.45) is 15.2. The number of hydrogen-bond donors (Lipinski definition) is 0. The highest BCUT2D eigenvalue weighted by molar-refractivity contribution is 7.91. The van der Waals surface area contributed by atoms with Crippen LogP contribution in [-0.2, 0) is 9.84 Å². The summed E-state index contributed by atoms with van der Waals surface area (Å²) in [6, 6.07) is 25.5. The van der Waals surface area contributed by atoms with Gasteiger partial charge in [-0.1, -0.05) is 66.8 Å². The number of hydrogen-bond acceptors (Lipinski definition) is 4. The molecule has 2 aliphatic rings. The van der Waals surface area contributed by atoms with Crippen LogP contribution in [-0.4, -0.2) is 34.6 Å². The molecular formula is C33H38N2O2S. The van der Waals surface area contributed by atoms with Gasteiger partial charge in [0.25, 0.3) is 0 Å². The Balaban J connectivity index is 1.35. The number of benzene rings is 3. The second-order valence-electron chi connectivity index (χ2n) is 10.3. The minimum Gasteiger partial charge on any atom is -0.372 e. The van der Waals surface area contributed by atoms with Crippen molar-refractivity contribution < 1.29 is 8.42 Å². The molecule has 0 aliphatic carbocycles. The molecule has 2 fully saturated rings. The predicted molar refractivity (Wildman–Crippen MR) is 160 cm³/mol. The summed E-state index contributed by atoms with van der Waals surface area (Å²) in [6.45, 7) is 4.39. The summed E-state index contributed by atoms with van der Waals surface area (Å²) in [5.41, 5.74) is 4.33. The van der Waals surface area contributed by atoms with E-state index in [0.717, 1.165) is 37.3 Å². The average Bonchev–Trinajstić information content (AvgIpc) is 2.99. The van der Waals surface area contributed by atoms with Gasteiger partial charge >= 0.3 is 0 Å². The first-order chi connectivity index (χ1) is 18.6. The zero-order chi connectivity index (χ0) is 26.2. The number of anilines is 2. The zero-order valence-electron chi connectivity index (χ0n) is 22.1. The first-order valence-electron chi connectivity index (χ1n) is 13.9. The van der Waals surface area contributed by atoms with Gasteiger partial charge in [0, 0.05) is 37.6 Å². The Labute approximate surface area is 228 Å². The van der Waals surface area contributed by atoms with E-state index in [4.69, 9.17) is 0 Å². The van der Waals surface area contributed by atoms with Gasteiger partial charge in [0.05, 0.1) is 4.90 Å². The molecule has 0 saturated carbocycles. The minimum absolute atomic E-state index is 0.340. The van der Waals surface area contributed by atoms with E-state index in [2.05, 4.69) is 46.2 Å². The SMILES string of the molecule is O=S(=O)(c1ccccc1)C(C=CC=Cc1ccc(N2CCCCC2)cc1)c1ccc(N2CCCCC2)cc1. The molecule has 0 radical (unpaired) electrons. The van der Waals surface area contributed by atoms with Crippen molar-refractivity contribution in [3.05, 3.63) is 108 Å². The molecule has 2 aliphatic heterocycles. The zero-order valence-corrected chi connectivity index (χ0v) is 22.9. The van der Waals surface area contributed by atoms with Gasteiger partial charge in [0.1, 0.15) is 5.25 Å². The maximum atomic E-state index is 13.7. The highest BCUT2D eigenvalue weighted by atomic mass is 32.2. The van der Waals surface area contributed by atoms with Crippen molar-refractivity contribution in [1.82, 2.24) is 0 Å². The van der Waals surface area contributed by atoms with Gasteiger partial charge in [-0.15, -0.1) is 0 Å². The van der Waals surface area contributed by atoms with E-state index in [0.29, 0.717) is 4.90 Å². The van der Waals surface area contributed by atoms with E-state index >= 15 is 0 Å². The van der Waals surface area contributed by atoms with Crippen LogP contribution in [0.15, 0.2) is 102 Å². The molecule has 38 heavy (non-hydrogen) atoms. The first-order valence-corrected chi connectivity index (χ1v) is 15.5. The Bertz CT molecular complexity index is 1320. The minimum atomic E-state index is -3.59. The molecule has 1 atom stereocenters. The number of sulfone groups is 1. The van der Waals surface area contributed by atoms with Gasteiger partial charge in [0.15, 0.2) is 9.84 Å². The van der Waals surface area contributed by atoms with Gasteiger partial charge in [-0.25, -0.2) is 8.42 Å². The average molecular weight is 527 g/mol. The maximum Gasteiger partial charge on any atom is 0.188 e. The normalized spacial score (nSPS) is 17.8. The fourth-order valence-corrected chi connectivity index (χ4v) is 7.10. The van der Waals surface area contributed by atoms with Crippen LogP contribution in [0.5, 0.6) is 0 Å². The van der Waals surface area contributed by atoms with E-state index in [-0.39, 0.29) is 0 Å². The molecular weight excluding hydrogens is 488 g/mol. The lowest BCUT2D eigenvalue weighted by Gasteiger charge is -2.29. The molecule has 198 valence electrons. The van der Waals surface area contributed by atoms with Gasteiger partial charge < -0.3 is 9.80 Å². The van der Waals surface area contributed by atoms with E-state index < -0.39 is 15.1 Å². The van der Waals surface area contributed by atoms with Crippen molar-refractivity contribution in [2.24, 2.45) is 0 Å². The Hall–Kier alpha value is -3.31. The van der Waals surface area contributed by atoms with Gasteiger partial charge in [-0.2, -0.15) is 0 Å². The van der Waals surface area contributed by atoms with Crippen molar-refractivity contribution in [3.63, 3.8) is 0 Å². The van der Waals surface area contributed by atoms with Crippen molar-refractivity contribution >= 4 is 27.3 Å². The van der Waals surface area contributed by atoms with E-state index in [9.17, 15) is 8.42 Å². The molecule has 0 aromatic heterocycles. The molecule has 2 heterocycles. The third kappa shape index (κ3) is 6.39. The number of nitrogens with zero attached hydrogens (tertiary/aromatic N) is 2. The van der Waals surface area contributed by atoms with Crippen LogP contribution in [0.4, 0.5) is 11.4 Å². The molecule has 5 heteroatoms. The Morgan fingerprint density at radius 3 is 1.68 bits per heavy atom. The first kappa shape index (κ1) is 26.3. The van der Waals surface area contributed by atoms with Gasteiger partial charge in [-0.3, -0.25) is 0 Å². The molecule has 1 unspecified atom stereocenters. The number of allylic oxidation sites excluding steroid dienone is 2. The molecule has 5 rings (SSSR count). The maximum absolute atomic E-state index is 13.7. The lowest BCUT2D eigenvalue weighted by molar-refractivity contribution is 0.578. The fraction of sp³-hybridized carbons (Fsp3) is 0.333. The topological polar surface area (TPSA) is 40.6 Å². The summed E-state index contributed by atoms with van der Waals surface area (Å²) in [5, 5.41) is -0.758. The highest BCUT2D eigenvalue weighted by Crippen LogP contribution is 2.32. The third-order valence-electron chi connectivity index (χ3n) is 7.65. The Morgan fingerprint density at radius 1 is 0.605 bits per heavy atom. The largest absolute Gasteiger partial charge is 0.372 e. The molecule has 0 amide bonds. The van der Waals surface area contributed by atoms with Crippen LogP contribution in [0, 0.1) is 0 Å². The Morgan fingerprint density at radius 2 is 1.13 bits per heavy atom. The van der Waals surface area contributed by atoms with Gasteiger partial charge in [-0.05, 0) is 86.1 Å². The molecule has 3 aromatic rings. The summed E-state index contributed by atoms with van der Waals surface area (Å²) in [5.74, 6) is 0. The van der Waals surface area contributed by atoms with Crippen LogP contribution in [0.25, 0.3) is 6.08 Å². The number of piperidine rings is 2. The summed E-state index contributed by atoms with van der Waals surface area (Å²) in [7, 11) is -3.59. The van der Waals surface area contributed by atoms with E-state index in [1.165, 1.54) is 49.9 Å². The van der Waals surface area contributed by atoms with Crippen LogP contribution in [0.1, 0.15) is 54.9 Å². The second-order valence-corrected chi connectivity index (χ2v) is 12.4. The molecule has 0 N–H and O–H groups in total. The molecule has 2 saturated heterocycles. The molecule has 3 aromatic carbocycles. The lowest BCUT2D eigenvalue weighted by atomic mass is 10.1. The quantitative estimate of drug-likeness (QED) is 0.286. The predicted octanol–water partition coefficient (Wildman–Crippen LogP) is 7.45. The van der Waals surface area contributed by atoms with Gasteiger partial charge in [0.2, 0.25) is 0 Å². The summed E-state index contributed by atoms with van der Waals surface area (Å²) >= 11 is 0. The van der Waals surface area contributed by atoms with Crippen molar-refractivity contribution in [2.45, 2.75) is 48.7 Å². The van der Waals surface area contributed by atoms with Crippen LogP contribution in [0.2, 0.25) is 0 Å². The lowest BCUT2D eigenvalue weighted by Crippen LogP contribution is -2.29. The van der Waals surface area contributed by atoms with Crippen molar-refractivity contribution in [2.75, 3.05) is 36.0 Å². The third-order valence-corrected chi connectivity index (χ3v) is 9.68. The van der Waals surface area contributed by atoms with Crippen LogP contribution < -0.4 is 9.80 Å². The molecule has 0 spiro atoms. The monoisotopic (exact) mass is 526 g/mol. The summed E-state index contributed by atoms with van der Waals surface area (Å²) in [4.78, 5) is 5.18.